The minimum absolute atomic E-state index is 0.638. The van der Waals surface area contributed by atoms with Gasteiger partial charge in [-0.05, 0) is 18.1 Å². The highest BCUT2D eigenvalue weighted by molar-refractivity contribution is 7.99. The van der Waals surface area contributed by atoms with Crippen molar-refractivity contribution < 1.29 is 0 Å². The SMILES string of the molecule is CCc1cncc(SC(C)C)c1. The molecule has 0 aliphatic carbocycles. The van der Waals surface area contributed by atoms with Crippen LogP contribution in [0, 0.1) is 0 Å². The third-order valence-corrected chi connectivity index (χ3v) is 2.52. The molecule has 0 bridgehead atoms. The first-order valence-electron chi connectivity index (χ1n) is 4.33. The number of nitrogens with zero attached hydrogens (tertiary/aromatic N) is 1. The first kappa shape index (κ1) is 9.59. The first-order valence-corrected chi connectivity index (χ1v) is 5.21. The zero-order valence-corrected chi connectivity index (χ0v) is 8.69. The lowest BCUT2D eigenvalue weighted by atomic mass is 10.2. The molecule has 12 heavy (non-hydrogen) atoms. The number of aromatic nitrogens is 1. The normalized spacial score (nSPS) is 10.7. The molecule has 1 rings (SSSR count). The van der Waals surface area contributed by atoms with E-state index in [1.54, 1.807) is 0 Å². The molecule has 0 unspecified atom stereocenters. The summed E-state index contributed by atoms with van der Waals surface area (Å²) in [5, 5.41) is 0.638. The Hall–Kier alpha value is -0.500. The molecule has 0 aromatic carbocycles. The summed E-state index contributed by atoms with van der Waals surface area (Å²) in [7, 11) is 0. The van der Waals surface area contributed by atoms with E-state index >= 15 is 0 Å². The summed E-state index contributed by atoms with van der Waals surface area (Å²) in [5.74, 6) is 0. The van der Waals surface area contributed by atoms with Gasteiger partial charge in [0.25, 0.3) is 0 Å². The van der Waals surface area contributed by atoms with Gasteiger partial charge in [-0.1, -0.05) is 20.8 Å². The van der Waals surface area contributed by atoms with Crippen molar-refractivity contribution in [3.05, 3.63) is 24.0 Å². The summed E-state index contributed by atoms with van der Waals surface area (Å²) in [6, 6.07) is 2.22. The van der Waals surface area contributed by atoms with Crippen molar-refractivity contribution in [1.82, 2.24) is 4.98 Å². The number of hydrogen-bond acceptors (Lipinski definition) is 2. The molecule has 1 aromatic rings. The Morgan fingerprint density at radius 3 is 2.75 bits per heavy atom. The van der Waals surface area contributed by atoms with Gasteiger partial charge in [0.2, 0.25) is 0 Å². The summed E-state index contributed by atoms with van der Waals surface area (Å²) in [6.07, 6.45) is 4.94. The van der Waals surface area contributed by atoms with Crippen molar-refractivity contribution >= 4 is 11.8 Å². The van der Waals surface area contributed by atoms with E-state index < -0.39 is 0 Å². The van der Waals surface area contributed by atoms with Gasteiger partial charge >= 0.3 is 0 Å². The van der Waals surface area contributed by atoms with Crippen LogP contribution < -0.4 is 0 Å². The van der Waals surface area contributed by atoms with Gasteiger partial charge in [-0.3, -0.25) is 4.98 Å². The number of hydrogen-bond donors (Lipinski definition) is 0. The lowest BCUT2D eigenvalue weighted by Gasteiger charge is -2.04. The Kier molecular flexibility index (Phi) is 3.60. The zero-order valence-electron chi connectivity index (χ0n) is 7.87. The molecule has 0 radical (unpaired) electrons. The maximum Gasteiger partial charge on any atom is 0.0404 e. The maximum absolute atomic E-state index is 4.19. The van der Waals surface area contributed by atoms with E-state index in [2.05, 4.69) is 31.8 Å². The third kappa shape index (κ3) is 2.86. The van der Waals surface area contributed by atoms with E-state index in [1.165, 1.54) is 10.5 Å². The van der Waals surface area contributed by atoms with Gasteiger partial charge in [0.05, 0.1) is 0 Å². The van der Waals surface area contributed by atoms with Gasteiger partial charge in [-0.25, -0.2) is 0 Å². The van der Waals surface area contributed by atoms with E-state index in [0.29, 0.717) is 5.25 Å². The van der Waals surface area contributed by atoms with Crippen molar-refractivity contribution in [3.63, 3.8) is 0 Å². The standard InChI is InChI=1S/C10H15NS/c1-4-9-5-10(7-11-6-9)12-8(2)3/h5-8H,4H2,1-3H3. The van der Waals surface area contributed by atoms with Gasteiger partial charge in [0.1, 0.15) is 0 Å². The van der Waals surface area contributed by atoms with Crippen molar-refractivity contribution in [1.29, 1.82) is 0 Å². The molecule has 0 aliphatic rings. The highest BCUT2D eigenvalue weighted by Crippen LogP contribution is 2.22. The Morgan fingerprint density at radius 1 is 1.42 bits per heavy atom. The molecule has 2 heteroatoms. The molecule has 0 fully saturated rings. The first-order chi connectivity index (χ1) is 5.72. The fourth-order valence-electron chi connectivity index (χ4n) is 0.994. The van der Waals surface area contributed by atoms with Crippen LogP contribution in [0.15, 0.2) is 23.4 Å². The molecule has 0 spiro atoms. The quantitative estimate of drug-likeness (QED) is 0.664. The molecule has 66 valence electrons. The maximum atomic E-state index is 4.19. The van der Waals surface area contributed by atoms with Crippen LogP contribution in [-0.4, -0.2) is 10.2 Å². The topological polar surface area (TPSA) is 12.9 Å². The minimum Gasteiger partial charge on any atom is -0.263 e. The fourth-order valence-corrected chi connectivity index (χ4v) is 1.88. The van der Waals surface area contributed by atoms with E-state index in [-0.39, 0.29) is 0 Å². The molecule has 1 aromatic heterocycles. The molecular weight excluding hydrogens is 166 g/mol. The van der Waals surface area contributed by atoms with Crippen LogP contribution in [0.5, 0.6) is 0 Å². The summed E-state index contributed by atoms with van der Waals surface area (Å²) in [4.78, 5) is 5.47. The third-order valence-electron chi connectivity index (χ3n) is 1.55. The lowest BCUT2D eigenvalue weighted by Crippen LogP contribution is -1.88. The monoisotopic (exact) mass is 181 g/mol. The number of pyridine rings is 1. The fraction of sp³-hybridized carbons (Fsp3) is 0.500. The lowest BCUT2D eigenvalue weighted by molar-refractivity contribution is 1.06. The van der Waals surface area contributed by atoms with Crippen LogP contribution in [0.2, 0.25) is 0 Å². The van der Waals surface area contributed by atoms with Crippen molar-refractivity contribution in [2.24, 2.45) is 0 Å². The molecule has 0 aliphatic heterocycles. The Morgan fingerprint density at radius 2 is 2.17 bits per heavy atom. The van der Waals surface area contributed by atoms with Crippen LogP contribution in [-0.2, 0) is 6.42 Å². The molecule has 0 atom stereocenters. The zero-order chi connectivity index (χ0) is 8.97. The van der Waals surface area contributed by atoms with Crippen LogP contribution in [0.1, 0.15) is 26.3 Å². The van der Waals surface area contributed by atoms with Gasteiger partial charge in [0, 0.05) is 22.5 Å². The average Bonchev–Trinajstić information content (AvgIpc) is 2.03. The molecule has 1 nitrogen and oxygen atoms in total. The van der Waals surface area contributed by atoms with Gasteiger partial charge in [-0.2, -0.15) is 0 Å². The summed E-state index contributed by atoms with van der Waals surface area (Å²) >= 11 is 1.87. The molecular formula is C10H15NS. The number of aryl methyl sites for hydroxylation is 1. The highest BCUT2D eigenvalue weighted by Gasteiger charge is 1.98. The van der Waals surface area contributed by atoms with E-state index in [1.807, 2.05) is 24.2 Å². The Balaban J connectivity index is 2.72. The van der Waals surface area contributed by atoms with Crippen LogP contribution >= 0.6 is 11.8 Å². The summed E-state index contributed by atoms with van der Waals surface area (Å²) < 4.78 is 0. The molecule has 1 heterocycles. The van der Waals surface area contributed by atoms with Crippen LogP contribution in [0.3, 0.4) is 0 Å². The molecule has 0 amide bonds. The predicted octanol–water partition coefficient (Wildman–Crippen LogP) is 3.14. The summed E-state index contributed by atoms with van der Waals surface area (Å²) in [6.45, 7) is 6.55. The predicted molar refractivity (Wildman–Crippen MR) is 54.6 cm³/mol. The second-order valence-electron chi connectivity index (χ2n) is 3.05. The van der Waals surface area contributed by atoms with E-state index in [9.17, 15) is 0 Å². The number of rotatable bonds is 3. The molecule has 0 saturated heterocycles. The minimum atomic E-state index is 0.638. The van der Waals surface area contributed by atoms with Gasteiger partial charge in [-0.15, -0.1) is 11.8 Å². The average molecular weight is 181 g/mol. The van der Waals surface area contributed by atoms with E-state index in [0.717, 1.165) is 6.42 Å². The smallest absolute Gasteiger partial charge is 0.0404 e. The highest BCUT2D eigenvalue weighted by atomic mass is 32.2. The van der Waals surface area contributed by atoms with E-state index in [4.69, 9.17) is 0 Å². The second kappa shape index (κ2) is 4.51. The van der Waals surface area contributed by atoms with Crippen LogP contribution in [0.25, 0.3) is 0 Å². The molecule has 0 saturated carbocycles. The van der Waals surface area contributed by atoms with Crippen molar-refractivity contribution in [3.8, 4) is 0 Å². The molecule has 0 N–H and O–H groups in total. The summed E-state index contributed by atoms with van der Waals surface area (Å²) in [5.41, 5.74) is 1.32. The number of thioether (sulfide) groups is 1. The van der Waals surface area contributed by atoms with Gasteiger partial charge < -0.3 is 0 Å². The van der Waals surface area contributed by atoms with Crippen LogP contribution in [0.4, 0.5) is 0 Å². The Labute approximate surface area is 78.6 Å². The Bertz CT molecular complexity index is 245. The second-order valence-corrected chi connectivity index (χ2v) is 4.70. The van der Waals surface area contributed by atoms with Gasteiger partial charge in [0.15, 0.2) is 0 Å². The largest absolute Gasteiger partial charge is 0.263 e. The van der Waals surface area contributed by atoms with Crippen molar-refractivity contribution in [2.45, 2.75) is 37.3 Å². The van der Waals surface area contributed by atoms with Crippen molar-refractivity contribution in [2.75, 3.05) is 0 Å².